The summed E-state index contributed by atoms with van der Waals surface area (Å²) >= 11 is 6.23. The summed E-state index contributed by atoms with van der Waals surface area (Å²) in [6.07, 6.45) is 1.95. The zero-order valence-electron chi connectivity index (χ0n) is 32.7. The summed E-state index contributed by atoms with van der Waals surface area (Å²) in [5.41, 5.74) is 1.40. The molecule has 1 aromatic heterocycles. The molecule has 1 atom stereocenters. The van der Waals surface area contributed by atoms with Gasteiger partial charge >= 0.3 is 0 Å². The van der Waals surface area contributed by atoms with Crippen molar-refractivity contribution in [3.05, 3.63) is 82.0 Å². The molecular weight excluding hydrogens is 750 g/mol. The molecule has 3 aromatic rings. The summed E-state index contributed by atoms with van der Waals surface area (Å²) in [5, 5.41) is 15.1. The Hall–Kier alpha value is -5.23. The van der Waals surface area contributed by atoms with Crippen LogP contribution >= 0.6 is 11.6 Å². The van der Waals surface area contributed by atoms with Gasteiger partial charge in [0.1, 0.15) is 42.1 Å². The van der Waals surface area contributed by atoms with E-state index in [2.05, 4.69) is 59.2 Å². The minimum atomic E-state index is -0.671. The largest absolute Gasteiger partial charge is 0.491 e. The number of piperidine rings is 1. The van der Waals surface area contributed by atoms with Gasteiger partial charge in [0.05, 0.1) is 35.9 Å². The second-order valence-electron chi connectivity index (χ2n) is 16.2. The Kier molecular flexibility index (Phi) is 11.5. The first kappa shape index (κ1) is 40.0. The number of fused-ring (bicyclic) bond motifs is 1. The van der Waals surface area contributed by atoms with Crippen LogP contribution in [0.5, 0.6) is 11.5 Å². The molecule has 1 saturated carbocycles. The lowest BCUT2D eigenvalue weighted by molar-refractivity contribution is -0.164. The monoisotopic (exact) mass is 797 g/mol. The standard InChI is InChI=1S/C42H48ClN7O7/c1-41(2)39(42(3,4)40(41)57-28-10-8-26(23-44)31(43)22-28)47-36(52)27-9-12-34(45-24-27)49-16-14-48(15-17-49)18-19-55-20-21-56-33-7-5-6-29-30(33)25-50(38(29)54)32-11-13-35(51)46-37(32)53/h5-10,12,22,24,32,39-40H,11,13-21,25H2,1-4H3,(H,47,52)(H,46,51,53). The molecule has 300 valence electrons. The maximum absolute atomic E-state index is 13.4. The van der Waals surface area contributed by atoms with Gasteiger partial charge in [-0.2, -0.15) is 5.26 Å². The van der Waals surface area contributed by atoms with Gasteiger partial charge in [0.25, 0.3) is 11.8 Å². The summed E-state index contributed by atoms with van der Waals surface area (Å²) in [6, 6.07) is 15.3. The molecule has 1 aliphatic carbocycles. The fraction of sp³-hybridized carbons (Fsp3) is 0.476. The third-order valence-corrected chi connectivity index (χ3v) is 12.0. The Morgan fingerprint density at radius 3 is 2.47 bits per heavy atom. The molecule has 2 aromatic carbocycles. The highest BCUT2D eigenvalue weighted by atomic mass is 35.5. The highest BCUT2D eigenvalue weighted by Crippen LogP contribution is 2.55. The Balaban J connectivity index is 0.812. The molecule has 0 radical (unpaired) electrons. The minimum Gasteiger partial charge on any atom is -0.491 e. The van der Waals surface area contributed by atoms with Gasteiger partial charge in [0, 0.05) is 79.4 Å². The van der Waals surface area contributed by atoms with Crippen molar-refractivity contribution in [1.29, 1.82) is 5.26 Å². The number of carbonyl (C=O) groups is 4. The van der Waals surface area contributed by atoms with Gasteiger partial charge in [0.2, 0.25) is 11.8 Å². The predicted octanol–water partition coefficient (Wildman–Crippen LogP) is 4.20. The van der Waals surface area contributed by atoms with Crippen molar-refractivity contribution >= 4 is 41.0 Å². The molecule has 0 spiro atoms. The highest BCUT2D eigenvalue weighted by molar-refractivity contribution is 6.31. The number of pyridine rings is 1. The van der Waals surface area contributed by atoms with Crippen molar-refractivity contribution in [2.75, 3.05) is 57.4 Å². The topological polar surface area (TPSA) is 166 Å². The van der Waals surface area contributed by atoms with E-state index in [9.17, 15) is 24.4 Å². The first-order valence-corrected chi connectivity index (χ1v) is 19.7. The summed E-state index contributed by atoms with van der Waals surface area (Å²) in [6.45, 7) is 13.9. The van der Waals surface area contributed by atoms with Crippen LogP contribution in [-0.2, 0) is 20.9 Å². The molecule has 2 N–H and O–H groups in total. The molecule has 4 amide bonds. The van der Waals surface area contributed by atoms with Gasteiger partial charge in [-0.25, -0.2) is 4.98 Å². The van der Waals surface area contributed by atoms with E-state index in [4.69, 9.17) is 25.8 Å². The molecule has 15 heteroatoms. The summed E-state index contributed by atoms with van der Waals surface area (Å²) in [5.74, 6) is 0.834. The van der Waals surface area contributed by atoms with E-state index in [-0.39, 0.29) is 53.7 Å². The number of benzene rings is 2. The maximum Gasteiger partial charge on any atom is 0.255 e. The maximum atomic E-state index is 13.4. The molecule has 14 nitrogen and oxygen atoms in total. The summed E-state index contributed by atoms with van der Waals surface area (Å²) in [7, 11) is 0. The van der Waals surface area contributed by atoms with E-state index in [1.165, 1.54) is 4.90 Å². The number of hydrogen-bond donors (Lipinski definition) is 2. The van der Waals surface area contributed by atoms with Crippen LogP contribution in [0.2, 0.25) is 5.02 Å². The number of nitriles is 1. The van der Waals surface area contributed by atoms with E-state index in [1.54, 1.807) is 36.5 Å². The van der Waals surface area contributed by atoms with Crippen LogP contribution in [0.4, 0.5) is 5.82 Å². The average molecular weight is 798 g/mol. The van der Waals surface area contributed by atoms with Crippen LogP contribution in [0, 0.1) is 22.2 Å². The van der Waals surface area contributed by atoms with Gasteiger partial charge < -0.3 is 29.3 Å². The fourth-order valence-corrected chi connectivity index (χ4v) is 9.13. The Morgan fingerprint density at radius 2 is 1.79 bits per heavy atom. The van der Waals surface area contributed by atoms with Crippen molar-refractivity contribution in [1.82, 2.24) is 25.4 Å². The van der Waals surface area contributed by atoms with Crippen molar-refractivity contribution in [3.8, 4) is 17.6 Å². The second-order valence-corrected chi connectivity index (χ2v) is 16.6. The SMILES string of the molecule is CC1(C)C(NC(=O)c2ccc(N3CCN(CCOCCOc4cccc5c4CN(C4CCC(=O)NC4=O)C5=O)CC3)nc2)C(C)(C)C1Oc1ccc(C#N)c(Cl)c1. The van der Waals surface area contributed by atoms with Crippen molar-refractivity contribution in [2.45, 2.75) is 65.3 Å². The summed E-state index contributed by atoms with van der Waals surface area (Å²) in [4.78, 5) is 61.2. The molecule has 4 heterocycles. The van der Waals surface area contributed by atoms with E-state index in [0.717, 1.165) is 44.1 Å². The molecule has 4 aliphatic rings. The molecule has 1 unspecified atom stereocenters. The number of hydrogen-bond acceptors (Lipinski definition) is 11. The number of ether oxygens (including phenoxy) is 3. The number of piperazine rings is 1. The Morgan fingerprint density at radius 1 is 1.02 bits per heavy atom. The van der Waals surface area contributed by atoms with Crippen LogP contribution in [-0.4, -0.2) is 109 Å². The minimum absolute atomic E-state index is 0.156. The molecule has 7 rings (SSSR count). The van der Waals surface area contributed by atoms with Gasteiger partial charge in [-0.05, 0) is 42.8 Å². The van der Waals surface area contributed by atoms with Crippen molar-refractivity contribution in [3.63, 3.8) is 0 Å². The quantitative estimate of drug-likeness (QED) is 0.188. The lowest BCUT2D eigenvalue weighted by Gasteiger charge is -2.63. The second kappa shape index (κ2) is 16.3. The first-order valence-electron chi connectivity index (χ1n) is 19.4. The number of amides is 4. The number of rotatable bonds is 13. The number of carbonyl (C=O) groups excluding carboxylic acids is 4. The third-order valence-electron chi connectivity index (χ3n) is 11.7. The highest BCUT2D eigenvalue weighted by Gasteiger charge is 2.64. The van der Waals surface area contributed by atoms with Gasteiger partial charge in [-0.1, -0.05) is 45.4 Å². The van der Waals surface area contributed by atoms with Crippen LogP contribution in [0.15, 0.2) is 54.7 Å². The van der Waals surface area contributed by atoms with Crippen molar-refractivity contribution < 1.29 is 33.4 Å². The van der Waals surface area contributed by atoms with Crippen LogP contribution in [0.25, 0.3) is 0 Å². The Labute approximate surface area is 337 Å². The van der Waals surface area contributed by atoms with Crippen LogP contribution < -0.4 is 25.0 Å². The number of imide groups is 1. The van der Waals surface area contributed by atoms with Crippen LogP contribution in [0.3, 0.4) is 0 Å². The van der Waals surface area contributed by atoms with E-state index in [1.807, 2.05) is 18.2 Å². The zero-order chi connectivity index (χ0) is 40.5. The van der Waals surface area contributed by atoms with E-state index in [0.29, 0.717) is 59.5 Å². The average Bonchev–Trinajstić information content (AvgIpc) is 3.53. The lowest BCUT2D eigenvalue weighted by Crippen LogP contribution is -2.74. The van der Waals surface area contributed by atoms with Gasteiger partial charge in [-0.3, -0.25) is 29.4 Å². The number of anilines is 1. The summed E-state index contributed by atoms with van der Waals surface area (Å²) < 4.78 is 18.2. The number of halogens is 1. The number of aromatic nitrogens is 1. The Bertz CT molecular complexity index is 2060. The van der Waals surface area contributed by atoms with E-state index < -0.39 is 11.9 Å². The van der Waals surface area contributed by atoms with Crippen LogP contribution in [0.1, 0.15) is 72.4 Å². The van der Waals surface area contributed by atoms with Crippen molar-refractivity contribution in [2.24, 2.45) is 10.8 Å². The van der Waals surface area contributed by atoms with Gasteiger partial charge in [-0.15, -0.1) is 0 Å². The lowest BCUT2D eigenvalue weighted by atomic mass is 9.49. The van der Waals surface area contributed by atoms with E-state index >= 15 is 0 Å². The third kappa shape index (κ3) is 8.14. The fourth-order valence-electron chi connectivity index (χ4n) is 8.92. The molecule has 0 bridgehead atoms. The number of nitrogens with one attached hydrogen (secondary N) is 2. The molecule has 2 saturated heterocycles. The first-order chi connectivity index (χ1) is 27.3. The molecule has 3 fully saturated rings. The molecule has 3 aliphatic heterocycles. The normalized spacial score (nSPS) is 22.6. The molecular formula is C42H48ClN7O7. The predicted molar refractivity (Wildman–Crippen MR) is 211 cm³/mol. The van der Waals surface area contributed by atoms with Gasteiger partial charge in [0.15, 0.2) is 0 Å². The zero-order valence-corrected chi connectivity index (χ0v) is 33.4. The number of nitrogens with zero attached hydrogens (tertiary/aromatic N) is 5. The smallest absolute Gasteiger partial charge is 0.255 e. The molecule has 57 heavy (non-hydrogen) atoms.